The number of rotatable bonds is 4. The minimum atomic E-state index is 0.333. The van der Waals surface area contributed by atoms with Gasteiger partial charge in [0.05, 0.1) is 0 Å². The molecule has 0 saturated heterocycles. The molecule has 18 heavy (non-hydrogen) atoms. The fourth-order valence-electron chi connectivity index (χ4n) is 1.81. The maximum atomic E-state index is 3.59. The Morgan fingerprint density at radius 1 is 1.11 bits per heavy atom. The molecule has 0 aliphatic rings. The molecule has 0 fully saturated rings. The van der Waals surface area contributed by atoms with Crippen LogP contribution in [0.15, 0.2) is 53.0 Å². The van der Waals surface area contributed by atoms with Gasteiger partial charge in [0, 0.05) is 20.6 Å². The molecular weight excluding hydrogens is 401 g/mol. The average molecular weight is 416 g/mol. The van der Waals surface area contributed by atoms with Gasteiger partial charge in [0.1, 0.15) is 0 Å². The van der Waals surface area contributed by atoms with E-state index in [-0.39, 0.29) is 0 Å². The van der Waals surface area contributed by atoms with Crippen molar-refractivity contribution in [2.75, 3.05) is 0 Å². The molecule has 0 saturated carbocycles. The molecule has 0 radical (unpaired) electrons. The number of hydrogen-bond donors (Lipinski definition) is 1. The Bertz CT molecular complexity index is 510. The molecule has 0 aliphatic carbocycles. The number of halogens is 2. The van der Waals surface area contributed by atoms with E-state index >= 15 is 0 Å². The van der Waals surface area contributed by atoms with Crippen LogP contribution in [0.1, 0.15) is 24.1 Å². The molecule has 1 N–H and O–H groups in total. The van der Waals surface area contributed by atoms with Crippen LogP contribution in [0.4, 0.5) is 0 Å². The van der Waals surface area contributed by atoms with Crippen molar-refractivity contribution in [3.63, 3.8) is 0 Å². The van der Waals surface area contributed by atoms with Gasteiger partial charge < -0.3 is 5.32 Å². The molecule has 2 aromatic rings. The summed E-state index contributed by atoms with van der Waals surface area (Å²) in [6, 6.07) is 17.3. The minimum Gasteiger partial charge on any atom is -0.306 e. The smallest absolute Gasteiger partial charge is 0.0306 e. The third-order valence-corrected chi connectivity index (χ3v) is 4.34. The standard InChI is InChI=1S/C15H15BrIN/c1-11(14-4-2-3-5-15(14)16)18-10-12-6-8-13(17)9-7-12/h2-9,11,18H,10H2,1H3/t11-/m0/s1. The molecule has 1 nitrogen and oxygen atoms in total. The second kappa shape index (κ2) is 6.68. The number of benzene rings is 2. The summed E-state index contributed by atoms with van der Waals surface area (Å²) in [4.78, 5) is 0. The highest BCUT2D eigenvalue weighted by atomic mass is 127. The van der Waals surface area contributed by atoms with Gasteiger partial charge in [-0.25, -0.2) is 0 Å². The van der Waals surface area contributed by atoms with Crippen molar-refractivity contribution in [3.05, 3.63) is 67.7 Å². The molecule has 0 unspecified atom stereocenters. The minimum absolute atomic E-state index is 0.333. The second-order valence-corrected chi connectivity index (χ2v) is 6.35. The third kappa shape index (κ3) is 3.80. The van der Waals surface area contributed by atoms with Crippen molar-refractivity contribution >= 4 is 38.5 Å². The summed E-state index contributed by atoms with van der Waals surface area (Å²) in [6.45, 7) is 3.08. The molecule has 2 rings (SSSR count). The summed E-state index contributed by atoms with van der Waals surface area (Å²) >= 11 is 5.92. The van der Waals surface area contributed by atoms with Gasteiger partial charge in [0.2, 0.25) is 0 Å². The summed E-state index contributed by atoms with van der Waals surface area (Å²) in [5.74, 6) is 0. The fraction of sp³-hybridized carbons (Fsp3) is 0.200. The second-order valence-electron chi connectivity index (χ2n) is 4.25. The SMILES string of the molecule is C[C@H](NCc1ccc(I)cc1)c1ccccc1Br. The normalized spacial score (nSPS) is 12.4. The van der Waals surface area contributed by atoms with Crippen LogP contribution in [-0.2, 0) is 6.54 Å². The third-order valence-electron chi connectivity index (χ3n) is 2.90. The fourth-order valence-corrected chi connectivity index (χ4v) is 2.80. The quantitative estimate of drug-likeness (QED) is 0.700. The lowest BCUT2D eigenvalue weighted by Crippen LogP contribution is -2.18. The van der Waals surface area contributed by atoms with E-state index < -0.39 is 0 Å². The van der Waals surface area contributed by atoms with Crippen molar-refractivity contribution in [2.24, 2.45) is 0 Å². The maximum Gasteiger partial charge on any atom is 0.0306 e. The highest BCUT2D eigenvalue weighted by molar-refractivity contribution is 14.1. The highest BCUT2D eigenvalue weighted by Gasteiger charge is 2.07. The highest BCUT2D eigenvalue weighted by Crippen LogP contribution is 2.23. The summed E-state index contributed by atoms with van der Waals surface area (Å²) < 4.78 is 2.43. The number of nitrogens with one attached hydrogen (secondary N) is 1. The summed E-state index contributed by atoms with van der Waals surface area (Å²) in [5, 5.41) is 3.54. The van der Waals surface area contributed by atoms with Crippen molar-refractivity contribution in [3.8, 4) is 0 Å². The van der Waals surface area contributed by atoms with E-state index in [1.165, 1.54) is 14.7 Å². The monoisotopic (exact) mass is 415 g/mol. The maximum absolute atomic E-state index is 3.59. The lowest BCUT2D eigenvalue weighted by Gasteiger charge is -2.15. The summed E-state index contributed by atoms with van der Waals surface area (Å²) in [6.07, 6.45) is 0. The summed E-state index contributed by atoms with van der Waals surface area (Å²) in [5.41, 5.74) is 2.61. The Morgan fingerprint density at radius 3 is 2.44 bits per heavy atom. The molecule has 3 heteroatoms. The van der Waals surface area contributed by atoms with E-state index in [4.69, 9.17) is 0 Å². The predicted octanol–water partition coefficient (Wildman–Crippen LogP) is 4.90. The largest absolute Gasteiger partial charge is 0.306 e. The van der Waals surface area contributed by atoms with Crippen LogP contribution in [0.2, 0.25) is 0 Å². The van der Waals surface area contributed by atoms with E-state index in [1.54, 1.807) is 0 Å². The van der Waals surface area contributed by atoms with Crippen LogP contribution in [0.5, 0.6) is 0 Å². The van der Waals surface area contributed by atoms with Crippen molar-refractivity contribution < 1.29 is 0 Å². The van der Waals surface area contributed by atoms with E-state index in [2.05, 4.69) is 93.2 Å². The van der Waals surface area contributed by atoms with E-state index in [0.29, 0.717) is 6.04 Å². The topological polar surface area (TPSA) is 12.0 Å². The first-order chi connectivity index (χ1) is 8.66. The molecule has 0 aromatic heterocycles. The summed E-state index contributed by atoms with van der Waals surface area (Å²) in [7, 11) is 0. The van der Waals surface area contributed by atoms with Crippen LogP contribution in [0.3, 0.4) is 0 Å². The Hall–Kier alpha value is -0.390. The predicted molar refractivity (Wildman–Crippen MR) is 88.6 cm³/mol. The lowest BCUT2D eigenvalue weighted by molar-refractivity contribution is 0.573. The first kappa shape index (κ1) is 14.0. The molecule has 0 amide bonds. The molecule has 0 spiro atoms. The zero-order valence-electron chi connectivity index (χ0n) is 10.2. The molecule has 0 heterocycles. The zero-order chi connectivity index (χ0) is 13.0. The van der Waals surface area contributed by atoms with Crippen LogP contribution in [0.25, 0.3) is 0 Å². The molecule has 2 aromatic carbocycles. The zero-order valence-corrected chi connectivity index (χ0v) is 13.9. The van der Waals surface area contributed by atoms with E-state index in [9.17, 15) is 0 Å². The molecule has 0 aliphatic heterocycles. The Morgan fingerprint density at radius 2 is 1.78 bits per heavy atom. The average Bonchev–Trinajstić information content (AvgIpc) is 2.38. The van der Waals surface area contributed by atoms with Crippen LogP contribution >= 0.6 is 38.5 Å². The Labute approximate surface area is 130 Å². The van der Waals surface area contributed by atoms with Gasteiger partial charge in [-0.15, -0.1) is 0 Å². The molecule has 94 valence electrons. The van der Waals surface area contributed by atoms with Crippen LogP contribution < -0.4 is 5.32 Å². The molecule has 0 bridgehead atoms. The van der Waals surface area contributed by atoms with Gasteiger partial charge in [-0.05, 0) is 58.8 Å². The van der Waals surface area contributed by atoms with Gasteiger partial charge in [-0.2, -0.15) is 0 Å². The number of hydrogen-bond acceptors (Lipinski definition) is 1. The van der Waals surface area contributed by atoms with Gasteiger partial charge in [0.25, 0.3) is 0 Å². The molecule has 1 atom stereocenters. The van der Waals surface area contributed by atoms with Crippen molar-refractivity contribution in [1.82, 2.24) is 5.32 Å². The van der Waals surface area contributed by atoms with Gasteiger partial charge in [-0.1, -0.05) is 46.3 Å². The van der Waals surface area contributed by atoms with Gasteiger partial charge in [0.15, 0.2) is 0 Å². The van der Waals surface area contributed by atoms with Gasteiger partial charge >= 0.3 is 0 Å². The van der Waals surface area contributed by atoms with E-state index in [0.717, 1.165) is 11.0 Å². The van der Waals surface area contributed by atoms with Crippen molar-refractivity contribution in [1.29, 1.82) is 0 Å². The Balaban J connectivity index is 1.98. The van der Waals surface area contributed by atoms with Crippen molar-refractivity contribution in [2.45, 2.75) is 19.5 Å². The Kier molecular flexibility index (Phi) is 5.21. The molecular formula is C15H15BrIN. The lowest BCUT2D eigenvalue weighted by atomic mass is 10.1. The first-order valence-electron chi connectivity index (χ1n) is 5.89. The van der Waals surface area contributed by atoms with E-state index in [1.807, 2.05) is 6.07 Å². The van der Waals surface area contributed by atoms with Crippen LogP contribution in [-0.4, -0.2) is 0 Å². The first-order valence-corrected chi connectivity index (χ1v) is 7.76. The van der Waals surface area contributed by atoms with Crippen LogP contribution in [0, 0.1) is 3.57 Å². The van der Waals surface area contributed by atoms with Gasteiger partial charge in [-0.3, -0.25) is 0 Å².